The first-order chi connectivity index (χ1) is 16.3. The van der Waals surface area contributed by atoms with Crippen molar-refractivity contribution >= 4 is 59.6 Å². The molecule has 0 unspecified atom stereocenters. The minimum Gasteiger partial charge on any atom is -0.345 e. The quantitative estimate of drug-likeness (QED) is 0.433. The van der Waals surface area contributed by atoms with Crippen molar-refractivity contribution in [2.45, 2.75) is 31.5 Å². The van der Waals surface area contributed by atoms with Crippen LogP contribution in [-0.4, -0.2) is 71.8 Å². The van der Waals surface area contributed by atoms with Gasteiger partial charge in [0.1, 0.15) is 0 Å². The average molecular weight is 542 g/mol. The third-order valence-electron chi connectivity index (χ3n) is 5.92. The molecule has 8 nitrogen and oxygen atoms in total. The number of benzene rings is 1. The van der Waals surface area contributed by atoms with E-state index in [1.165, 1.54) is 16.2 Å². The Bertz CT molecular complexity index is 1110. The first kappa shape index (κ1) is 27.1. The molecule has 1 aromatic carbocycles. The molecular formula is C23H26Cl2FN5O3S. The molecule has 1 saturated heterocycles. The van der Waals surface area contributed by atoms with Crippen LogP contribution in [-0.2, 0) is 22.6 Å². The number of halogens is 3. The second-order valence-electron chi connectivity index (χ2n) is 8.47. The molecule has 0 spiro atoms. The molecule has 2 aromatic rings. The Morgan fingerprint density at radius 1 is 1.20 bits per heavy atom. The number of nitrogens with zero attached hydrogens (tertiary/aromatic N) is 3. The number of carbonyl (C=O) groups is 3. The molecule has 4 rings (SSSR count). The number of piperidine rings is 1. The Kier molecular flexibility index (Phi) is 9.23. The minimum atomic E-state index is -0.957. The summed E-state index contributed by atoms with van der Waals surface area (Å²) in [6.45, 7) is 2.23. The zero-order valence-corrected chi connectivity index (χ0v) is 21.4. The van der Waals surface area contributed by atoms with Crippen molar-refractivity contribution in [2.75, 3.05) is 26.7 Å². The molecule has 188 valence electrons. The smallest absolute Gasteiger partial charge is 0.280 e. The van der Waals surface area contributed by atoms with Crippen molar-refractivity contribution in [1.82, 2.24) is 25.4 Å². The van der Waals surface area contributed by atoms with Crippen LogP contribution in [0.4, 0.5) is 4.39 Å². The average Bonchev–Trinajstić information content (AvgIpc) is 3.25. The number of aromatic nitrogens is 1. The van der Waals surface area contributed by atoms with Gasteiger partial charge in [0.2, 0.25) is 6.41 Å². The van der Waals surface area contributed by atoms with Crippen LogP contribution in [0.25, 0.3) is 6.08 Å². The molecule has 3 heterocycles. The Morgan fingerprint density at radius 2 is 1.94 bits per heavy atom. The normalized spacial score (nSPS) is 20.4. The maximum absolute atomic E-state index is 14.5. The van der Waals surface area contributed by atoms with Gasteiger partial charge in [-0.25, -0.2) is 9.37 Å². The van der Waals surface area contributed by atoms with E-state index in [0.717, 1.165) is 36.2 Å². The monoisotopic (exact) mass is 541 g/mol. The fraction of sp³-hybridized carbons (Fsp3) is 0.391. The highest BCUT2D eigenvalue weighted by molar-refractivity contribution is 7.13. The van der Waals surface area contributed by atoms with Crippen LogP contribution in [0, 0.1) is 0 Å². The van der Waals surface area contributed by atoms with Gasteiger partial charge in [0.05, 0.1) is 17.8 Å². The Balaban J connectivity index is 0.00000342. The summed E-state index contributed by atoms with van der Waals surface area (Å²) in [4.78, 5) is 46.0. The summed E-state index contributed by atoms with van der Waals surface area (Å²) in [5.74, 6) is -2.20. The molecule has 0 aliphatic carbocycles. The van der Waals surface area contributed by atoms with Gasteiger partial charge in [0.25, 0.3) is 11.8 Å². The predicted molar refractivity (Wildman–Crippen MR) is 135 cm³/mol. The number of amides is 3. The van der Waals surface area contributed by atoms with Gasteiger partial charge in [0.15, 0.2) is 10.8 Å². The fourth-order valence-corrected chi connectivity index (χ4v) is 5.27. The lowest BCUT2D eigenvalue weighted by Gasteiger charge is -2.37. The third-order valence-corrected chi connectivity index (χ3v) is 7.26. The van der Waals surface area contributed by atoms with Crippen molar-refractivity contribution < 1.29 is 18.8 Å². The molecule has 2 N–H and O–H groups in total. The highest BCUT2D eigenvalue weighted by Crippen LogP contribution is 2.25. The summed E-state index contributed by atoms with van der Waals surface area (Å²) < 4.78 is 14.5. The Hall–Kier alpha value is -2.53. The number of likely N-dealkylation sites (tertiary alicyclic amines) is 1. The van der Waals surface area contributed by atoms with Gasteiger partial charge in [-0.3, -0.25) is 14.4 Å². The molecule has 1 fully saturated rings. The van der Waals surface area contributed by atoms with E-state index in [0.29, 0.717) is 35.0 Å². The summed E-state index contributed by atoms with van der Waals surface area (Å²) in [5.41, 5.74) is 1.43. The number of fused-ring (bicyclic) bond motifs is 1. The van der Waals surface area contributed by atoms with Crippen LogP contribution in [0.5, 0.6) is 0 Å². The number of rotatable bonds is 6. The topological polar surface area (TPSA) is 94.6 Å². The van der Waals surface area contributed by atoms with Crippen molar-refractivity contribution in [3.63, 3.8) is 0 Å². The van der Waals surface area contributed by atoms with E-state index >= 15 is 0 Å². The molecule has 1 aromatic heterocycles. The van der Waals surface area contributed by atoms with E-state index in [2.05, 4.69) is 20.5 Å². The molecule has 2 aliphatic heterocycles. The molecule has 12 heteroatoms. The Morgan fingerprint density at radius 3 is 2.66 bits per heavy atom. The fourth-order valence-electron chi connectivity index (χ4n) is 4.05. The van der Waals surface area contributed by atoms with Gasteiger partial charge >= 0.3 is 0 Å². The maximum atomic E-state index is 14.5. The molecule has 35 heavy (non-hydrogen) atoms. The Labute approximate surface area is 217 Å². The van der Waals surface area contributed by atoms with Gasteiger partial charge in [-0.05, 0) is 37.2 Å². The van der Waals surface area contributed by atoms with Crippen LogP contribution in [0.3, 0.4) is 0 Å². The van der Waals surface area contributed by atoms with E-state index < -0.39 is 23.8 Å². The summed E-state index contributed by atoms with van der Waals surface area (Å²) in [6.07, 6.45) is 2.99. The predicted octanol–water partition coefficient (Wildman–Crippen LogP) is 2.66. The van der Waals surface area contributed by atoms with Crippen molar-refractivity contribution in [1.29, 1.82) is 0 Å². The molecular weight excluding hydrogens is 516 g/mol. The van der Waals surface area contributed by atoms with Crippen molar-refractivity contribution in [3.8, 4) is 0 Å². The SMILES string of the molecule is CN1CCc2nc(C(=O)N[C@@H]3CN(C=O)CC[C@@H]3NC(=O)C(F)=Cc3ccc(Cl)cc3)sc2C1.Cl. The zero-order chi connectivity index (χ0) is 24.2. The summed E-state index contributed by atoms with van der Waals surface area (Å²) >= 11 is 7.19. The van der Waals surface area contributed by atoms with Crippen LogP contribution in [0.2, 0.25) is 5.02 Å². The number of hydrogen-bond acceptors (Lipinski definition) is 6. The van der Waals surface area contributed by atoms with E-state index in [1.54, 1.807) is 24.3 Å². The number of hydrogen-bond donors (Lipinski definition) is 2. The summed E-state index contributed by atoms with van der Waals surface area (Å²) in [5, 5.41) is 6.42. The zero-order valence-electron chi connectivity index (χ0n) is 19.0. The van der Waals surface area contributed by atoms with Crippen molar-refractivity contribution in [3.05, 3.63) is 56.3 Å². The first-order valence-corrected chi connectivity index (χ1v) is 12.1. The molecule has 0 saturated carbocycles. The number of thiazole rings is 1. The van der Waals surface area contributed by atoms with Crippen molar-refractivity contribution in [2.24, 2.45) is 0 Å². The van der Waals surface area contributed by atoms with Gasteiger partial charge in [0, 0.05) is 42.5 Å². The molecule has 2 aliphatic rings. The van der Waals surface area contributed by atoms with Crippen LogP contribution >= 0.6 is 35.3 Å². The molecule has 0 radical (unpaired) electrons. The van der Waals surface area contributed by atoms with Gasteiger partial charge < -0.3 is 20.4 Å². The number of likely N-dealkylation sites (N-methyl/N-ethyl adjacent to an activating group) is 1. The minimum absolute atomic E-state index is 0. The van der Waals surface area contributed by atoms with E-state index in [1.807, 2.05) is 7.05 Å². The van der Waals surface area contributed by atoms with E-state index in [-0.39, 0.29) is 24.9 Å². The van der Waals surface area contributed by atoms with Gasteiger partial charge in [-0.1, -0.05) is 23.7 Å². The summed E-state index contributed by atoms with van der Waals surface area (Å²) in [6, 6.07) is 5.29. The lowest BCUT2D eigenvalue weighted by atomic mass is 9.99. The van der Waals surface area contributed by atoms with Crippen LogP contribution in [0.15, 0.2) is 30.1 Å². The lowest BCUT2D eigenvalue weighted by Crippen LogP contribution is -2.60. The summed E-state index contributed by atoms with van der Waals surface area (Å²) in [7, 11) is 2.02. The second-order valence-corrected chi connectivity index (χ2v) is 9.99. The number of nitrogens with one attached hydrogen (secondary N) is 2. The van der Waals surface area contributed by atoms with E-state index in [9.17, 15) is 18.8 Å². The highest BCUT2D eigenvalue weighted by Gasteiger charge is 2.33. The maximum Gasteiger partial charge on any atom is 0.280 e. The van der Waals surface area contributed by atoms with E-state index in [4.69, 9.17) is 11.6 Å². The standard InChI is InChI=1S/C23H25ClFN5O3S.ClH/c1-29-8-6-18-20(12-29)34-23(28-18)22(33)27-19-11-30(13-31)9-7-17(19)26-21(32)16(25)10-14-2-4-15(24)5-3-14;/h2-5,10,13,17,19H,6-9,11-12H2,1H3,(H,26,32)(H,27,33);1H/t17-,19+;/m0./s1. The first-order valence-electron chi connectivity index (χ1n) is 10.9. The highest BCUT2D eigenvalue weighted by atomic mass is 35.5. The molecule has 3 amide bonds. The molecule has 0 bridgehead atoms. The second kappa shape index (κ2) is 11.9. The van der Waals surface area contributed by atoms with Gasteiger partial charge in [-0.2, -0.15) is 0 Å². The molecule has 2 atom stereocenters. The number of carbonyl (C=O) groups excluding carboxylic acids is 3. The van der Waals surface area contributed by atoms with Gasteiger partial charge in [-0.15, -0.1) is 23.7 Å². The lowest BCUT2D eigenvalue weighted by molar-refractivity contribution is -0.121. The van der Waals surface area contributed by atoms with Crippen LogP contribution < -0.4 is 10.6 Å². The third kappa shape index (κ3) is 6.78. The van der Waals surface area contributed by atoms with Crippen LogP contribution in [0.1, 0.15) is 32.4 Å². The largest absolute Gasteiger partial charge is 0.345 e.